The Morgan fingerprint density at radius 3 is 2.67 bits per heavy atom. The van der Waals surface area contributed by atoms with Crippen molar-refractivity contribution in [2.75, 3.05) is 12.8 Å². The minimum absolute atomic E-state index is 0.497. The molecule has 3 aromatic rings. The van der Waals surface area contributed by atoms with E-state index < -0.39 is 0 Å². The van der Waals surface area contributed by atoms with Crippen LogP contribution in [0.5, 0.6) is 5.88 Å². The van der Waals surface area contributed by atoms with Gasteiger partial charge in [-0.25, -0.2) is 9.97 Å². The normalized spacial score (nSPS) is 10.8. The maximum atomic E-state index is 5.81. The van der Waals surface area contributed by atoms with Crippen LogP contribution in [0.15, 0.2) is 41.0 Å². The molecule has 0 aliphatic heterocycles. The molecular formula is C16H14BrN3O. The van der Waals surface area contributed by atoms with Gasteiger partial charge in [-0.3, -0.25) is 0 Å². The molecule has 1 aromatic carbocycles. The Kier molecular flexibility index (Phi) is 3.51. The highest BCUT2D eigenvalue weighted by Gasteiger charge is 2.06. The smallest absolute Gasteiger partial charge is 0.215 e. The van der Waals surface area contributed by atoms with Crippen LogP contribution in [0.1, 0.15) is 5.56 Å². The first-order chi connectivity index (χ1) is 10.1. The lowest BCUT2D eigenvalue weighted by Crippen LogP contribution is -1.93. The van der Waals surface area contributed by atoms with Gasteiger partial charge in [0.1, 0.15) is 5.82 Å². The molecule has 2 N–H and O–H groups in total. The van der Waals surface area contributed by atoms with Crippen LogP contribution in [0, 0.1) is 6.92 Å². The summed E-state index contributed by atoms with van der Waals surface area (Å²) in [4.78, 5) is 8.67. The molecule has 5 heteroatoms. The number of halogens is 1. The maximum Gasteiger partial charge on any atom is 0.215 e. The molecule has 2 aromatic heterocycles. The van der Waals surface area contributed by atoms with E-state index in [0.717, 1.165) is 32.1 Å². The molecule has 0 aliphatic carbocycles. The number of benzene rings is 1. The van der Waals surface area contributed by atoms with E-state index in [9.17, 15) is 0 Å². The molecule has 0 unspecified atom stereocenters. The average Bonchev–Trinajstić information content (AvgIpc) is 2.48. The van der Waals surface area contributed by atoms with Gasteiger partial charge in [0.25, 0.3) is 0 Å². The second kappa shape index (κ2) is 5.33. The number of nitrogen functional groups attached to an aromatic ring is 1. The van der Waals surface area contributed by atoms with Gasteiger partial charge in [0.15, 0.2) is 0 Å². The van der Waals surface area contributed by atoms with Crippen molar-refractivity contribution in [2.45, 2.75) is 6.92 Å². The van der Waals surface area contributed by atoms with Crippen LogP contribution < -0.4 is 10.5 Å². The molecule has 0 amide bonds. The van der Waals surface area contributed by atoms with Crippen LogP contribution in [0.25, 0.3) is 22.0 Å². The Bertz CT molecular complexity index is 833. The van der Waals surface area contributed by atoms with Crippen molar-refractivity contribution in [3.63, 3.8) is 0 Å². The van der Waals surface area contributed by atoms with Crippen molar-refractivity contribution in [2.24, 2.45) is 0 Å². The SMILES string of the molecule is COc1ncc(-c2ccc3nc(N)c(Br)cc3c2)cc1C. The molecule has 2 heterocycles. The fourth-order valence-electron chi connectivity index (χ4n) is 2.28. The van der Waals surface area contributed by atoms with Gasteiger partial charge < -0.3 is 10.5 Å². The number of pyridine rings is 2. The Labute approximate surface area is 131 Å². The van der Waals surface area contributed by atoms with Crippen LogP contribution in [0.2, 0.25) is 0 Å². The lowest BCUT2D eigenvalue weighted by atomic mass is 10.0. The number of hydrogen-bond acceptors (Lipinski definition) is 4. The Morgan fingerprint density at radius 1 is 1.14 bits per heavy atom. The molecule has 0 spiro atoms. The summed E-state index contributed by atoms with van der Waals surface area (Å²) in [5, 5.41) is 1.03. The van der Waals surface area contributed by atoms with Gasteiger partial charge in [-0.15, -0.1) is 0 Å². The number of rotatable bonds is 2. The van der Waals surface area contributed by atoms with Gasteiger partial charge in [-0.05, 0) is 52.7 Å². The number of aryl methyl sites for hydroxylation is 1. The Morgan fingerprint density at radius 2 is 1.95 bits per heavy atom. The van der Waals surface area contributed by atoms with Crippen molar-refractivity contribution >= 4 is 32.7 Å². The zero-order chi connectivity index (χ0) is 15.0. The van der Waals surface area contributed by atoms with Gasteiger partial charge in [0.05, 0.1) is 17.1 Å². The standard InChI is InChI=1S/C16H14BrN3O/c1-9-5-12(8-19-16(9)21-2)10-3-4-14-11(6-10)7-13(17)15(18)20-14/h3-8H,1-2H3,(H2,18,20). The lowest BCUT2D eigenvalue weighted by Gasteiger charge is -2.08. The first-order valence-corrected chi connectivity index (χ1v) is 7.24. The second-order valence-electron chi connectivity index (χ2n) is 4.81. The van der Waals surface area contributed by atoms with Crippen molar-refractivity contribution in [1.29, 1.82) is 0 Å². The van der Waals surface area contributed by atoms with Crippen LogP contribution >= 0.6 is 15.9 Å². The summed E-state index contributed by atoms with van der Waals surface area (Å²) >= 11 is 3.41. The predicted molar refractivity (Wildman–Crippen MR) is 88.4 cm³/mol. The maximum absolute atomic E-state index is 5.81. The summed E-state index contributed by atoms with van der Waals surface area (Å²) in [7, 11) is 1.62. The molecule has 3 rings (SSSR count). The fraction of sp³-hybridized carbons (Fsp3) is 0.125. The number of nitrogens with zero attached hydrogens (tertiary/aromatic N) is 2. The van der Waals surface area contributed by atoms with Crippen molar-refractivity contribution < 1.29 is 4.74 Å². The van der Waals surface area contributed by atoms with E-state index in [0.29, 0.717) is 11.7 Å². The molecule has 0 atom stereocenters. The highest BCUT2D eigenvalue weighted by atomic mass is 79.9. The minimum Gasteiger partial charge on any atom is -0.481 e. The minimum atomic E-state index is 0.497. The first kappa shape index (κ1) is 13.8. The van der Waals surface area contributed by atoms with Crippen LogP contribution in [0.3, 0.4) is 0 Å². The number of anilines is 1. The Balaban J connectivity index is 2.12. The quantitative estimate of drug-likeness (QED) is 0.764. The first-order valence-electron chi connectivity index (χ1n) is 6.45. The van der Waals surface area contributed by atoms with E-state index in [4.69, 9.17) is 10.5 Å². The van der Waals surface area contributed by atoms with E-state index in [1.54, 1.807) is 7.11 Å². The molecule has 21 heavy (non-hydrogen) atoms. The summed E-state index contributed by atoms with van der Waals surface area (Å²) < 4.78 is 6.00. The number of methoxy groups -OCH3 is 1. The zero-order valence-electron chi connectivity index (χ0n) is 11.7. The number of hydrogen-bond donors (Lipinski definition) is 1. The summed E-state index contributed by atoms with van der Waals surface area (Å²) in [5.74, 6) is 1.15. The summed E-state index contributed by atoms with van der Waals surface area (Å²) in [6, 6.07) is 10.1. The third kappa shape index (κ3) is 2.56. The predicted octanol–water partition coefficient (Wildman–Crippen LogP) is 3.96. The summed E-state index contributed by atoms with van der Waals surface area (Å²) in [6.45, 7) is 1.98. The molecule has 4 nitrogen and oxygen atoms in total. The molecule has 106 valence electrons. The van der Waals surface area contributed by atoms with E-state index in [-0.39, 0.29) is 0 Å². The number of aromatic nitrogens is 2. The Hall–Kier alpha value is -2.14. The van der Waals surface area contributed by atoms with Gasteiger partial charge in [-0.1, -0.05) is 6.07 Å². The fourth-order valence-corrected chi connectivity index (χ4v) is 2.61. The summed E-state index contributed by atoms with van der Waals surface area (Å²) in [6.07, 6.45) is 1.81. The topological polar surface area (TPSA) is 61.0 Å². The van der Waals surface area contributed by atoms with Gasteiger partial charge in [-0.2, -0.15) is 0 Å². The number of fused-ring (bicyclic) bond motifs is 1. The molecule has 0 saturated carbocycles. The molecule has 0 fully saturated rings. The van der Waals surface area contributed by atoms with Gasteiger partial charge in [0, 0.05) is 22.7 Å². The number of ether oxygens (including phenoxy) is 1. The van der Waals surface area contributed by atoms with Crippen molar-refractivity contribution in [1.82, 2.24) is 9.97 Å². The van der Waals surface area contributed by atoms with E-state index in [1.807, 2.05) is 31.3 Å². The molecule has 0 saturated heterocycles. The molecule has 0 aliphatic rings. The second-order valence-corrected chi connectivity index (χ2v) is 5.67. The van der Waals surface area contributed by atoms with Crippen molar-refractivity contribution in [3.05, 3.63) is 46.6 Å². The van der Waals surface area contributed by atoms with Crippen LogP contribution in [-0.4, -0.2) is 17.1 Å². The monoisotopic (exact) mass is 343 g/mol. The largest absolute Gasteiger partial charge is 0.481 e. The molecule has 0 radical (unpaired) electrons. The zero-order valence-corrected chi connectivity index (χ0v) is 13.3. The average molecular weight is 344 g/mol. The highest BCUT2D eigenvalue weighted by Crippen LogP contribution is 2.29. The third-order valence-corrected chi connectivity index (χ3v) is 3.99. The van der Waals surface area contributed by atoms with E-state index in [2.05, 4.69) is 38.0 Å². The highest BCUT2D eigenvalue weighted by molar-refractivity contribution is 9.10. The van der Waals surface area contributed by atoms with Crippen molar-refractivity contribution in [3.8, 4) is 17.0 Å². The van der Waals surface area contributed by atoms with Gasteiger partial charge >= 0.3 is 0 Å². The van der Waals surface area contributed by atoms with Crippen LogP contribution in [-0.2, 0) is 0 Å². The third-order valence-electron chi connectivity index (χ3n) is 3.35. The van der Waals surface area contributed by atoms with Crippen LogP contribution in [0.4, 0.5) is 5.82 Å². The summed E-state index contributed by atoms with van der Waals surface area (Å²) in [5.41, 5.74) is 9.81. The van der Waals surface area contributed by atoms with Gasteiger partial charge in [0.2, 0.25) is 5.88 Å². The lowest BCUT2D eigenvalue weighted by molar-refractivity contribution is 0.394. The molecule has 0 bridgehead atoms. The van der Waals surface area contributed by atoms with E-state index >= 15 is 0 Å². The number of nitrogens with two attached hydrogens (primary N) is 1. The molecular weight excluding hydrogens is 330 g/mol. The van der Waals surface area contributed by atoms with E-state index in [1.165, 1.54) is 0 Å².